The van der Waals surface area contributed by atoms with Crippen molar-refractivity contribution < 1.29 is 9.63 Å². The van der Waals surface area contributed by atoms with Crippen molar-refractivity contribution in [3.05, 3.63) is 17.0 Å². The van der Waals surface area contributed by atoms with Crippen LogP contribution in [0.5, 0.6) is 0 Å². The lowest BCUT2D eigenvalue weighted by Crippen LogP contribution is -2.27. The summed E-state index contributed by atoms with van der Waals surface area (Å²) in [6.45, 7) is 3.86. The van der Waals surface area contributed by atoms with Crippen molar-refractivity contribution >= 4 is 5.91 Å². The maximum atomic E-state index is 11.6. The van der Waals surface area contributed by atoms with Crippen molar-refractivity contribution in [2.24, 2.45) is 7.05 Å². The molecular formula is C10H17N3O2. The highest BCUT2D eigenvalue weighted by Crippen LogP contribution is 2.13. The molecule has 0 aliphatic heterocycles. The number of amides is 1. The normalized spacial score (nSPS) is 10.5. The second kappa shape index (κ2) is 4.44. The van der Waals surface area contributed by atoms with Crippen LogP contribution in [0, 0.1) is 13.8 Å². The molecule has 0 atom stereocenters. The van der Waals surface area contributed by atoms with E-state index < -0.39 is 0 Å². The average Bonchev–Trinajstić information content (AvgIpc) is 2.43. The molecule has 84 valence electrons. The largest absolute Gasteiger partial charge is 0.275 e. The van der Waals surface area contributed by atoms with E-state index >= 15 is 0 Å². The van der Waals surface area contributed by atoms with Crippen LogP contribution in [-0.4, -0.2) is 34.9 Å². The molecule has 0 aromatic carbocycles. The van der Waals surface area contributed by atoms with Gasteiger partial charge in [0, 0.05) is 25.4 Å². The zero-order valence-electron chi connectivity index (χ0n) is 9.87. The number of aryl methyl sites for hydroxylation is 2. The molecule has 1 amide bonds. The first-order valence-electron chi connectivity index (χ1n) is 4.77. The molecule has 0 aliphatic carbocycles. The Morgan fingerprint density at radius 2 is 2.13 bits per heavy atom. The molecule has 0 aliphatic rings. The molecule has 15 heavy (non-hydrogen) atoms. The Morgan fingerprint density at radius 1 is 1.53 bits per heavy atom. The van der Waals surface area contributed by atoms with E-state index in [9.17, 15) is 4.79 Å². The molecule has 0 saturated heterocycles. The number of likely N-dealkylation sites (N-methyl/N-ethyl adjacent to an activating group) is 1. The van der Waals surface area contributed by atoms with Gasteiger partial charge in [0.2, 0.25) is 5.91 Å². The highest BCUT2D eigenvalue weighted by molar-refractivity contribution is 5.78. The predicted octanol–water partition coefficient (Wildman–Crippen LogP) is 0.599. The zero-order chi connectivity index (χ0) is 11.6. The predicted molar refractivity (Wildman–Crippen MR) is 56.2 cm³/mol. The molecule has 0 unspecified atom stereocenters. The van der Waals surface area contributed by atoms with E-state index in [0.29, 0.717) is 6.42 Å². The molecule has 0 N–H and O–H groups in total. The highest BCUT2D eigenvalue weighted by atomic mass is 16.7. The number of hydrogen-bond donors (Lipinski definition) is 0. The lowest BCUT2D eigenvalue weighted by atomic mass is 10.1. The van der Waals surface area contributed by atoms with Gasteiger partial charge in [-0.05, 0) is 13.8 Å². The van der Waals surface area contributed by atoms with Crippen molar-refractivity contribution in [3.8, 4) is 0 Å². The first-order valence-corrected chi connectivity index (χ1v) is 4.77. The van der Waals surface area contributed by atoms with Gasteiger partial charge in [0.25, 0.3) is 0 Å². The lowest BCUT2D eigenvalue weighted by molar-refractivity contribution is -0.167. The standard InChI is InChI=1S/C10H17N3O2/c1-7-9(8(2)12(3)11-7)6-10(14)13(4)15-5/h6H2,1-5H3. The SMILES string of the molecule is CON(C)C(=O)Cc1c(C)nn(C)c1C. The summed E-state index contributed by atoms with van der Waals surface area (Å²) in [4.78, 5) is 16.4. The van der Waals surface area contributed by atoms with Crippen molar-refractivity contribution in [2.45, 2.75) is 20.3 Å². The Bertz CT molecular complexity index is 371. The maximum absolute atomic E-state index is 11.6. The van der Waals surface area contributed by atoms with Gasteiger partial charge in [0.05, 0.1) is 19.2 Å². The van der Waals surface area contributed by atoms with Gasteiger partial charge in [-0.3, -0.25) is 14.3 Å². The Balaban J connectivity index is 2.85. The van der Waals surface area contributed by atoms with Crippen LogP contribution in [0.15, 0.2) is 0 Å². The fraction of sp³-hybridized carbons (Fsp3) is 0.600. The molecule has 5 heteroatoms. The summed E-state index contributed by atoms with van der Waals surface area (Å²) in [5.74, 6) is -0.0725. The van der Waals surface area contributed by atoms with Crippen LogP contribution in [0.2, 0.25) is 0 Å². The van der Waals surface area contributed by atoms with Gasteiger partial charge in [-0.1, -0.05) is 0 Å². The molecule has 0 saturated carbocycles. The molecule has 5 nitrogen and oxygen atoms in total. The van der Waals surface area contributed by atoms with Gasteiger partial charge < -0.3 is 0 Å². The van der Waals surface area contributed by atoms with Crippen LogP contribution in [0.3, 0.4) is 0 Å². The van der Waals surface area contributed by atoms with Crippen molar-refractivity contribution in [1.29, 1.82) is 0 Å². The Hall–Kier alpha value is -1.36. The number of hydroxylamine groups is 2. The quantitative estimate of drug-likeness (QED) is 0.688. The Kier molecular flexibility index (Phi) is 3.47. The number of rotatable bonds is 3. The van der Waals surface area contributed by atoms with E-state index in [-0.39, 0.29) is 5.91 Å². The monoisotopic (exact) mass is 211 g/mol. The second-order valence-electron chi connectivity index (χ2n) is 3.52. The van der Waals surface area contributed by atoms with E-state index in [4.69, 9.17) is 4.84 Å². The summed E-state index contributed by atoms with van der Waals surface area (Å²) in [5.41, 5.74) is 2.89. The third-order valence-electron chi connectivity index (χ3n) is 2.61. The van der Waals surface area contributed by atoms with E-state index in [1.165, 1.54) is 12.2 Å². The Labute approximate surface area is 89.6 Å². The van der Waals surface area contributed by atoms with Gasteiger partial charge in [-0.15, -0.1) is 0 Å². The molecule has 0 radical (unpaired) electrons. The van der Waals surface area contributed by atoms with Gasteiger partial charge in [0.1, 0.15) is 0 Å². The topological polar surface area (TPSA) is 47.4 Å². The summed E-state index contributed by atoms with van der Waals surface area (Å²) in [5, 5.41) is 5.48. The van der Waals surface area contributed by atoms with Crippen molar-refractivity contribution in [3.63, 3.8) is 0 Å². The minimum absolute atomic E-state index is 0.0725. The van der Waals surface area contributed by atoms with Crippen LogP contribution < -0.4 is 0 Å². The minimum atomic E-state index is -0.0725. The molecule has 0 fully saturated rings. The van der Waals surface area contributed by atoms with Crippen molar-refractivity contribution in [2.75, 3.05) is 14.2 Å². The lowest BCUT2D eigenvalue weighted by Gasteiger charge is -2.13. The Morgan fingerprint density at radius 3 is 2.53 bits per heavy atom. The van der Waals surface area contributed by atoms with Crippen molar-refractivity contribution in [1.82, 2.24) is 14.8 Å². The number of carbonyl (C=O) groups is 1. The van der Waals surface area contributed by atoms with Crippen LogP contribution in [-0.2, 0) is 23.1 Å². The van der Waals surface area contributed by atoms with Crippen LogP contribution in [0.1, 0.15) is 17.0 Å². The van der Waals surface area contributed by atoms with Gasteiger partial charge >= 0.3 is 0 Å². The van der Waals surface area contributed by atoms with Gasteiger partial charge in [0.15, 0.2) is 0 Å². The van der Waals surface area contributed by atoms with E-state index in [0.717, 1.165) is 17.0 Å². The number of hydrogen-bond acceptors (Lipinski definition) is 3. The van der Waals surface area contributed by atoms with Crippen LogP contribution in [0.25, 0.3) is 0 Å². The first kappa shape index (κ1) is 11.7. The maximum Gasteiger partial charge on any atom is 0.250 e. The smallest absolute Gasteiger partial charge is 0.250 e. The number of carbonyl (C=O) groups excluding carboxylic acids is 1. The van der Waals surface area contributed by atoms with Crippen LogP contribution in [0.4, 0.5) is 0 Å². The molecule has 0 spiro atoms. The summed E-state index contributed by atoms with van der Waals surface area (Å²) >= 11 is 0. The zero-order valence-corrected chi connectivity index (χ0v) is 9.87. The molecule has 0 bridgehead atoms. The van der Waals surface area contributed by atoms with Crippen LogP contribution >= 0.6 is 0 Å². The third-order valence-corrected chi connectivity index (χ3v) is 2.61. The van der Waals surface area contributed by atoms with E-state index in [1.807, 2.05) is 20.9 Å². The summed E-state index contributed by atoms with van der Waals surface area (Å²) in [7, 11) is 4.95. The van der Waals surface area contributed by atoms with Gasteiger partial charge in [-0.25, -0.2) is 5.06 Å². The highest BCUT2D eigenvalue weighted by Gasteiger charge is 2.15. The number of aromatic nitrogens is 2. The second-order valence-corrected chi connectivity index (χ2v) is 3.52. The van der Waals surface area contributed by atoms with E-state index in [1.54, 1.807) is 11.7 Å². The fourth-order valence-electron chi connectivity index (χ4n) is 1.44. The molecule has 1 aromatic rings. The summed E-state index contributed by atoms with van der Waals surface area (Å²) < 4.78 is 1.78. The fourth-order valence-corrected chi connectivity index (χ4v) is 1.44. The molecular weight excluding hydrogens is 194 g/mol. The minimum Gasteiger partial charge on any atom is -0.275 e. The third kappa shape index (κ3) is 2.36. The molecule has 1 rings (SSSR count). The van der Waals surface area contributed by atoms with Gasteiger partial charge in [-0.2, -0.15) is 5.10 Å². The summed E-state index contributed by atoms with van der Waals surface area (Å²) in [6.07, 6.45) is 0.329. The first-order chi connectivity index (χ1) is 6.97. The van der Waals surface area contributed by atoms with E-state index in [2.05, 4.69) is 5.10 Å². The number of nitrogens with zero attached hydrogens (tertiary/aromatic N) is 3. The molecule has 1 heterocycles. The summed E-state index contributed by atoms with van der Waals surface area (Å²) in [6, 6.07) is 0. The molecule has 1 aromatic heterocycles. The average molecular weight is 211 g/mol.